The summed E-state index contributed by atoms with van der Waals surface area (Å²) >= 11 is 0. The molecule has 2 saturated carbocycles. The van der Waals surface area contributed by atoms with Crippen LogP contribution in [0.15, 0.2) is 0 Å². The molecular weight excluding hydrogens is 238 g/mol. The van der Waals surface area contributed by atoms with Crippen molar-refractivity contribution in [2.45, 2.75) is 51.2 Å². The molecule has 0 aromatic rings. The van der Waals surface area contributed by atoms with Gasteiger partial charge in [-0.05, 0) is 26.2 Å². The van der Waals surface area contributed by atoms with Crippen molar-refractivity contribution in [2.75, 3.05) is 19.9 Å². The highest BCUT2D eigenvalue weighted by atomic mass is 32.2. The van der Waals surface area contributed by atoms with Crippen LogP contribution in [0.3, 0.4) is 0 Å². The van der Waals surface area contributed by atoms with E-state index in [0.29, 0.717) is 0 Å². The molecule has 2 aliphatic carbocycles. The Hall–Kier alpha value is -0.130. The molecule has 0 heterocycles. The van der Waals surface area contributed by atoms with Gasteiger partial charge in [0.1, 0.15) is 0 Å². The maximum Gasteiger partial charge on any atom is 0.211 e. The number of nitrogens with zero attached hydrogens (tertiary/aromatic N) is 1. The van der Waals surface area contributed by atoms with E-state index in [1.807, 2.05) is 6.92 Å². The lowest BCUT2D eigenvalue weighted by molar-refractivity contribution is -0.145. The third kappa shape index (κ3) is 2.13. The van der Waals surface area contributed by atoms with Gasteiger partial charge >= 0.3 is 0 Å². The van der Waals surface area contributed by atoms with Crippen LogP contribution in [0.2, 0.25) is 0 Å². The summed E-state index contributed by atoms with van der Waals surface area (Å²) in [5.41, 5.74) is 0.105. The fourth-order valence-corrected chi connectivity index (χ4v) is 4.35. The van der Waals surface area contributed by atoms with E-state index in [9.17, 15) is 8.42 Å². The highest BCUT2D eigenvalue weighted by molar-refractivity contribution is 7.88. The summed E-state index contributed by atoms with van der Waals surface area (Å²) in [5, 5.41) is 0. The van der Waals surface area contributed by atoms with Crippen molar-refractivity contribution in [3.8, 4) is 0 Å². The van der Waals surface area contributed by atoms with Crippen molar-refractivity contribution in [3.63, 3.8) is 0 Å². The molecule has 4 nitrogen and oxygen atoms in total. The van der Waals surface area contributed by atoms with Crippen molar-refractivity contribution in [3.05, 3.63) is 0 Å². The SMILES string of the molecule is CCOC1CC(N(C)S(C)(=O)=O)C12CCCC2. The molecule has 100 valence electrons. The van der Waals surface area contributed by atoms with Gasteiger partial charge in [0, 0.05) is 25.1 Å². The molecule has 0 bridgehead atoms. The van der Waals surface area contributed by atoms with Crippen molar-refractivity contribution in [2.24, 2.45) is 5.41 Å². The Labute approximate surface area is 104 Å². The van der Waals surface area contributed by atoms with Gasteiger partial charge in [0.15, 0.2) is 0 Å². The Morgan fingerprint density at radius 3 is 2.41 bits per heavy atom. The lowest BCUT2D eigenvalue weighted by Gasteiger charge is -2.56. The fraction of sp³-hybridized carbons (Fsp3) is 1.00. The highest BCUT2D eigenvalue weighted by Crippen LogP contribution is 2.56. The second-order valence-electron chi connectivity index (χ2n) is 5.41. The second kappa shape index (κ2) is 4.52. The Morgan fingerprint density at radius 2 is 1.94 bits per heavy atom. The van der Waals surface area contributed by atoms with Crippen molar-refractivity contribution >= 4 is 10.0 Å². The molecule has 0 aromatic heterocycles. The normalized spacial score (nSPS) is 32.0. The van der Waals surface area contributed by atoms with Crippen LogP contribution < -0.4 is 0 Å². The maximum atomic E-state index is 11.7. The molecule has 1 spiro atoms. The zero-order valence-corrected chi connectivity index (χ0v) is 11.8. The average Bonchev–Trinajstić information content (AvgIpc) is 2.73. The Kier molecular flexibility index (Phi) is 3.54. The van der Waals surface area contributed by atoms with Crippen LogP contribution in [0.4, 0.5) is 0 Å². The minimum Gasteiger partial charge on any atom is -0.378 e. The molecule has 0 amide bonds. The number of hydrogen-bond acceptors (Lipinski definition) is 3. The summed E-state index contributed by atoms with van der Waals surface area (Å²) in [7, 11) is -1.38. The van der Waals surface area contributed by atoms with Crippen LogP contribution in [0.25, 0.3) is 0 Å². The monoisotopic (exact) mass is 261 g/mol. The molecule has 0 aliphatic heterocycles. The van der Waals surface area contributed by atoms with E-state index in [1.54, 1.807) is 11.4 Å². The van der Waals surface area contributed by atoms with E-state index in [0.717, 1.165) is 25.9 Å². The molecule has 2 rings (SSSR count). The molecule has 17 heavy (non-hydrogen) atoms. The van der Waals surface area contributed by atoms with Gasteiger partial charge in [0.2, 0.25) is 10.0 Å². The third-order valence-corrected chi connectivity index (χ3v) is 5.91. The smallest absolute Gasteiger partial charge is 0.211 e. The molecule has 2 aliphatic rings. The van der Waals surface area contributed by atoms with E-state index in [1.165, 1.54) is 19.1 Å². The molecule has 0 N–H and O–H groups in total. The van der Waals surface area contributed by atoms with Crippen LogP contribution in [0, 0.1) is 5.41 Å². The summed E-state index contributed by atoms with van der Waals surface area (Å²) in [6.07, 6.45) is 7.06. The predicted molar refractivity (Wildman–Crippen MR) is 67.3 cm³/mol. The van der Waals surface area contributed by atoms with Crippen LogP contribution in [-0.2, 0) is 14.8 Å². The quantitative estimate of drug-likeness (QED) is 0.772. The largest absolute Gasteiger partial charge is 0.378 e. The first kappa shape index (κ1) is 13.3. The highest BCUT2D eigenvalue weighted by Gasteiger charge is 2.59. The number of ether oxygens (including phenoxy) is 1. The number of rotatable bonds is 4. The van der Waals surface area contributed by atoms with Gasteiger partial charge in [-0.25, -0.2) is 12.7 Å². The molecule has 2 fully saturated rings. The van der Waals surface area contributed by atoms with E-state index < -0.39 is 10.0 Å². The standard InChI is InChI=1S/C12H23NO3S/c1-4-16-11-9-10(13(2)17(3,14)15)12(11)7-5-6-8-12/h10-11H,4-9H2,1-3H3. The van der Waals surface area contributed by atoms with Gasteiger partial charge in [0.25, 0.3) is 0 Å². The molecule has 0 saturated heterocycles. The topological polar surface area (TPSA) is 46.6 Å². The lowest BCUT2D eigenvalue weighted by Crippen LogP contribution is -2.63. The summed E-state index contributed by atoms with van der Waals surface area (Å²) in [6.45, 7) is 2.73. The summed E-state index contributed by atoms with van der Waals surface area (Å²) in [4.78, 5) is 0. The van der Waals surface area contributed by atoms with Gasteiger partial charge in [-0.2, -0.15) is 0 Å². The van der Waals surface area contributed by atoms with Crippen LogP contribution >= 0.6 is 0 Å². The van der Waals surface area contributed by atoms with Gasteiger partial charge in [-0.15, -0.1) is 0 Å². The van der Waals surface area contributed by atoms with Crippen molar-refractivity contribution in [1.29, 1.82) is 0 Å². The van der Waals surface area contributed by atoms with Gasteiger partial charge in [-0.3, -0.25) is 0 Å². The van der Waals surface area contributed by atoms with Crippen molar-refractivity contribution in [1.82, 2.24) is 4.31 Å². The summed E-state index contributed by atoms with van der Waals surface area (Å²) in [6, 6.07) is 0.150. The number of hydrogen-bond donors (Lipinski definition) is 0. The van der Waals surface area contributed by atoms with Gasteiger partial charge in [0.05, 0.1) is 12.4 Å². The van der Waals surface area contributed by atoms with Crippen LogP contribution in [0.5, 0.6) is 0 Å². The fourth-order valence-electron chi connectivity index (χ4n) is 3.59. The zero-order valence-electron chi connectivity index (χ0n) is 11.0. The predicted octanol–water partition coefficient (Wildman–Crippen LogP) is 1.62. The first-order chi connectivity index (χ1) is 7.92. The third-order valence-electron chi connectivity index (χ3n) is 4.61. The van der Waals surface area contributed by atoms with E-state index in [2.05, 4.69) is 0 Å². The first-order valence-corrected chi connectivity index (χ1v) is 8.31. The minimum absolute atomic E-state index is 0.105. The molecular formula is C12H23NO3S. The molecule has 2 atom stereocenters. The second-order valence-corrected chi connectivity index (χ2v) is 7.46. The minimum atomic E-state index is -3.09. The Morgan fingerprint density at radius 1 is 1.35 bits per heavy atom. The molecule has 0 aromatic carbocycles. The van der Waals surface area contributed by atoms with E-state index in [4.69, 9.17) is 4.74 Å². The number of sulfonamides is 1. The van der Waals surface area contributed by atoms with Crippen molar-refractivity contribution < 1.29 is 13.2 Å². The van der Waals surface area contributed by atoms with E-state index in [-0.39, 0.29) is 17.6 Å². The first-order valence-electron chi connectivity index (χ1n) is 6.46. The average molecular weight is 261 g/mol. The summed E-state index contributed by atoms with van der Waals surface area (Å²) < 4.78 is 30.7. The molecule has 0 radical (unpaired) electrons. The Bertz CT molecular complexity index is 373. The van der Waals surface area contributed by atoms with Gasteiger partial charge < -0.3 is 4.74 Å². The summed E-state index contributed by atoms with van der Waals surface area (Å²) in [5.74, 6) is 0. The van der Waals surface area contributed by atoms with E-state index >= 15 is 0 Å². The van der Waals surface area contributed by atoms with Gasteiger partial charge in [-0.1, -0.05) is 12.8 Å². The molecule has 5 heteroatoms. The maximum absolute atomic E-state index is 11.7. The lowest BCUT2D eigenvalue weighted by atomic mass is 9.60. The molecule has 2 unspecified atom stereocenters. The zero-order chi connectivity index (χ0) is 12.7. The Balaban J connectivity index is 2.16. The van der Waals surface area contributed by atoms with Crippen LogP contribution in [0.1, 0.15) is 39.0 Å². The van der Waals surface area contributed by atoms with Crippen LogP contribution in [-0.4, -0.2) is 44.8 Å².